The second-order valence-electron chi connectivity index (χ2n) is 8.05. The fraction of sp³-hybridized carbons (Fsp3) is 0.200. The maximum Gasteiger partial charge on any atom is 0.280 e. The number of nitrogens with one attached hydrogen (secondary N) is 1. The highest BCUT2D eigenvalue weighted by atomic mass is 32.2. The Morgan fingerprint density at radius 2 is 1.69 bits per heavy atom. The highest BCUT2D eigenvalue weighted by Crippen LogP contribution is 2.42. The Morgan fingerprint density at radius 3 is 2.39 bits per heavy atom. The molecule has 1 saturated carbocycles. The van der Waals surface area contributed by atoms with Crippen LogP contribution in [-0.2, 0) is 10.0 Å². The van der Waals surface area contributed by atoms with E-state index in [1.807, 2.05) is 0 Å². The molecular formula is C25H23N5O5S. The van der Waals surface area contributed by atoms with E-state index in [1.165, 1.54) is 19.4 Å². The summed E-state index contributed by atoms with van der Waals surface area (Å²) in [7, 11) is -2.59. The van der Waals surface area contributed by atoms with Crippen molar-refractivity contribution in [2.45, 2.75) is 17.9 Å². The number of nitrogens with zero attached hydrogens (tertiary/aromatic N) is 4. The maximum atomic E-state index is 13.2. The number of pyridine rings is 2. The van der Waals surface area contributed by atoms with Gasteiger partial charge in [-0.25, -0.2) is 9.97 Å². The van der Waals surface area contributed by atoms with Gasteiger partial charge in [-0.1, -0.05) is 18.2 Å². The zero-order chi connectivity index (χ0) is 25.0. The zero-order valence-corrected chi connectivity index (χ0v) is 20.2. The van der Waals surface area contributed by atoms with Gasteiger partial charge in [0.25, 0.3) is 15.9 Å². The zero-order valence-electron chi connectivity index (χ0n) is 19.4. The summed E-state index contributed by atoms with van der Waals surface area (Å²) in [6.07, 6.45) is 6.71. The van der Waals surface area contributed by atoms with E-state index >= 15 is 0 Å². The van der Waals surface area contributed by atoms with Crippen molar-refractivity contribution in [2.75, 3.05) is 18.4 Å². The van der Waals surface area contributed by atoms with Crippen molar-refractivity contribution in [3.63, 3.8) is 0 Å². The third-order valence-electron chi connectivity index (χ3n) is 5.35. The largest absolute Gasteiger partial charge is 0.493 e. The third-order valence-corrected chi connectivity index (χ3v) is 6.61. The normalized spacial score (nSPS) is 13.1. The standard InChI is InChI=1S/C25H23N5O5S/c1-33-19-6-2-3-7-20(19)35-22-24(30-36(31,32)21-8-4-5-13-27-21)28-23(18-11-14-26-15-12-18)29-25(22)34-16-17-9-10-17/h2-8,11-15,17H,9-10,16H2,1H3,(H,28,29,30). The van der Waals surface area contributed by atoms with Crippen LogP contribution in [0, 0.1) is 5.92 Å². The first-order chi connectivity index (χ1) is 17.5. The van der Waals surface area contributed by atoms with Gasteiger partial charge < -0.3 is 14.2 Å². The molecule has 36 heavy (non-hydrogen) atoms. The van der Waals surface area contributed by atoms with E-state index in [0.717, 1.165) is 12.8 Å². The molecule has 0 spiro atoms. The second kappa shape index (κ2) is 10.2. The lowest BCUT2D eigenvalue weighted by molar-refractivity contribution is 0.273. The van der Waals surface area contributed by atoms with Gasteiger partial charge in [-0.15, -0.1) is 0 Å². The molecule has 1 N–H and O–H groups in total. The summed E-state index contributed by atoms with van der Waals surface area (Å²) in [4.78, 5) is 17.1. The lowest BCUT2D eigenvalue weighted by atomic mass is 10.2. The molecule has 11 heteroatoms. The van der Waals surface area contributed by atoms with Crippen LogP contribution >= 0.6 is 0 Å². The molecular weight excluding hydrogens is 482 g/mol. The van der Waals surface area contributed by atoms with Crippen molar-refractivity contribution >= 4 is 15.8 Å². The summed E-state index contributed by atoms with van der Waals surface area (Å²) >= 11 is 0. The Bertz CT molecular complexity index is 1450. The predicted octanol–water partition coefficient (Wildman–Crippen LogP) is 4.32. The molecule has 0 aliphatic heterocycles. The molecule has 184 valence electrons. The summed E-state index contributed by atoms with van der Waals surface area (Å²) in [6.45, 7) is 0.418. The van der Waals surface area contributed by atoms with Crippen LogP contribution in [0.3, 0.4) is 0 Å². The molecule has 1 aliphatic rings. The van der Waals surface area contributed by atoms with Crippen LogP contribution < -0.4 is 18.9 Å². The van der Waals surface area contributed by atoms with E-state index < -0.39 is 10.0 Å². The van der Waals surface area contributed by atoms with Crippen molar-refractivity contribution < 1.29 is 22.6 Å². The number of hydrogen-bond donors (Lipinski definition) is 1. The van der Waals surface area contributed by atoms with E-state index in [2.05, 4.69) is 24.7 Å². The minimum absolute atomic E-state index is 0.0115. The van der Waals surface area contributed by atoms with Gasteiger partial charge in [-0.3, -0.25) is 9.71 Å². The van der Waals surface area contributed by atoms with Crippen molar-refractivity contribution in [1.82, 2.24) is 19.9 Å². The molecule has 0 amide bonds. The van der Waals surface area contributed by atoms with E-state index in [9.17, 15) is 8.42 Å². The average molecular weight is 506 g/mol. The highest BCUT2D eigenvalue weighted by molar-refractivity contribution is 7.92. The molecule has 0 bridgehead atoms. The summed E-state index contributed by atoms with van der Waals surface area (Å²) in [6, 6.07) is 15.0. The van der Waals surface area contributed by atoms with Gasteiger partial charge in [0.05, 0.1) is 13.7 Å². The Labute approximate surface area is 208 Å². The van der Waals surface area contributed by atoms with Crippen LogP contribution in [0.5, 0.6) is 23.1 Å². The second-order valence-corrected chi connectivity index (χ2v) is 9.68. The molecule has 1 aromatic carbocycles. The monoisotopic (exact) mass is 505 g/mol. The van der Waals surface area contributed by atoms with Crippen molar-refractivity contribution in [1.29, 1.82) is 0 Å². The first kappa shape index (κ1) is 23.5. The molecule has 1 fully saturated rings. The van der Waals surface area contributed by atoms with Crippen molar-refractivity contribution in [3.8, 4) is 34.5 Å². The Hall–Kier alpha value is -4.25. The van der Waals surface area contributed by atoms with Crippen LogP contribution in [0.2, 0.25) is 0 Å². The molecule has 3 heterocycles. The van der Waals surface area contributed by atoms with Crippen LogP contribution in [0.1, 0.15) is 12.8 Å². The van der Waals surface area contributed by atoms with Gasteiger partial charge in [0, 0.05) is 24.2 Å². The van der Waals surface area contributed by atoms with Gasteiger partial charge in [0.2, 0.25) is 5.75 Å². The van der Waals surface area contributed by atoms with Crippen LogP contribution in [-0.4, -0.2) is 42.1 Å². The number of anilines is 1. The van der Waals surface area contributed by atoms with E-state index in [1.54, 1.807) is 60.9 Å². The fourth-order valence-electron chi connectivity index (χ4n) is 3.30. The smallest absolute Gasteiger partial charge is 0.280 e. The summed E-state index contributed by atoms with van der Waals surface area (Å²) in [5.74, 6) is 1.47. The number of benzene rings is 1. The van der Waals surface area contributed by atoms with Crippen LogP contribution in [0.25, 0.3) is 11.4 Å². The number of hydrogen-bond acceptors (Lipinski definition) is 9. The molecule has 1 aliphatic carbocycles. The summed E-state index contributed by atoms with van der Waals surface area (Å²) in [5, 5.41) is -0.169. The topological polar surface area (TPSA) is 125 Å². The lowest BCUT2D eigenvalue weighted by Crippen LogP contribution is -2.17. The predicted molar refractivity (Wildman–Crippen MR) is 132 cm³/mol. The fourth-order valence-corrected chi connectivity index (χ4v) is 4.25. The quantitative estimate of drug-likeness (QED) is 0.335. The number of rotatable bonds is 10. The molecule has 4 aromatic rings. The molecule has 0 unspecified atom stereocenters. The summed E-state index contributed by atoms with van der Waals surface area (Å²) < 4.78 is 46.5. The molecule has 10 nitrogen and oxygen atoms in total. The Kier molecular flexibility index (Phi) is 6.63. The van der Waals surface area contributed by atoms with E-state index in [0.29, 0.717) is 29.6 Å². The molecule has 0 radical (unpaired) electrons. The first-order valence-corrected chi connectivity index (χ1v) is 12.7. The number of methoxy groups -OCH3 is 1. The van der Waals surface area contributed by atoms with Gasteiger partial charge in [0.15, 0.2) is 28.2 Å². The molecule has 3 aromatic heterocycles. The van der Waals surface area contributed by atoms with Gasteiger partial charge in [0.1, 0.15) is 0 Å². The SMILES string of the molecule is COc1ccccc1Oc1c(NS(=O)(=O)c2ccccn2)nc(-c2ccncc2)nc1OCC1CC1. The molecule has 0 saturated heterocycles. The van der Waals surface area contributed by atoms with Gasteiger partial charge >= 0.3 is 0 Å². The average Bonchev–Trinajstić information content (AvgIpc) is 3.74. The minimum atomic E-state index is -4.11. The third kappa shape index (κ3) is 5.36. The number of ether oxygens (including phenoxy) is 3. The van der Waals surface area contributed by atoms with Crippen molar-refractivity contribution in [2.24, 2.45) is 5.92 Å². The lowest BCUT2D eigenvalue weighted by Gasteiger charge is -2.18. The van der Waals surface area contributed by atoms with E-state index in [4.69, 9.17) is 14.2 Å². The Balaban J connectivity index is 1.64. The van der Waals surface area contributed by atoms with Crippen molar-refractivity contribution in [3.05, 3.63) is 73.2 Å². The maximum absolute atomic E-state index is 13.2. The van der Waals surface area contributed by atoms with Gasteiger partial charge in [-0.2, -0.15) is 13.4 Å². The Morgan fingerprint density at radius 1 is 0.944 bits per heavy atom. The van der Waals surface area contributed by atoms with E-state index in [-0.39, 0.29) is 28.3 Å². The molecule has 0 atom stereocenters. The van der Waals surface area contributed by atoms with Crippen LogP contribution in [0.15, 0.2) is 78.2 Å². The number of aromatic nitrogens is 4. The van der Waals surface area contributed by atoms with Gasteiger partial charge in [-0.05, 0) is 55.2 Å². The van der Waals surface area contributed by atoms with Crippen LogP contribution in [0.4, 0.5) is 5.82 Å². The number of sulfonamides is 1. The minimum Gasteiger partial charge on any atom is -0.493 e. The molecule has 5 rings (SSSR count). The first-order valence-electron chi connectivity index (χ1n) is 11.2. The summed E-state index contributed by atoms with van der Waals surface area (Å²) in [5.41, 5.74) is 0.628. The number of para-hydroxylation sites is 2. The highest BCUT2D eigenvalue weighted by Gasteiger charge is 2.28.